The second-order valence-electron chi connectivity index (χ2n) is 8.95. The summed E-state index contributed by atoms with van der Waals surface area (Å²) in [5, 5.41) is 33.0. The topological polar surface area (TPSA) is 100 Å². The molecule has 38 heavy (non-hydrogen) atoms. The van der Waals surface area contributed by atoms with E-state index >= 15 is 0 Å². The van der Waals surface area contributed by atoms with Crippen molar-refractivity contribution in [3.63, 3.8) is 0 Å². The molecule has 190 valence electrons. The van der Waals surface area contributed by atoms with Crippen molar-refractivity contribution in [2.45, 2.75) is 24.5 Å². The molecule has 1 aromatic heterocycles. The van der Waals surface area contributed by atoms with Crippen molar-refractivity contribution >= 4 is 5.91 Å². The van der Waals surface area contributed by atoms with E-state index in [0.29, 0.717) is 34.5 Å². The Kier molecular flexibility index (Phi) is 6.87. The second kappa shape index (κ2) is 10.4. The smallest absolute Gasteiger partial charge is 0.280 e. The van der Waals surface area contributed by atoms with Crippen LogP contribution in [0.15, 0.2) is 121 Å². The van der Waals surface area contributed by atoms with Gasteiger partial charge in [-0.2, -0.15) is 0 Å². The van der Waals surface area contributed by atoms with Gasteiger partial charge in [0.2, 0.25) is 0 Å². The summed E-state index contributed by atoms with van der Waals surface area (Å²) in [4.78, 5) is 14.0. The highest BCUT2D eigenvalue weighted by Crippen LogP contribution is 2.36. The third-order valence-electron chi connectivity index (χ3n) is 6.68. The van der Waals surface area contributed by atoms with E-state index < -0.39 is 17.1 Å². The van der Waals surface area contributed by atoms with E-state index in [-0.39, 0.29) is 5.82 Å². The highest BCUT2D eigenvalue weighted by molar-refractivity contribution is 5.95. The standard InChI is InChI=1S/C31H28N4O3/c1-2-27-32-33-28(30(37,23-15-7-3-8-16-23)24-17-9-4-10-18-24)35(27)34-29(36)31(38,25-19-11-5-12-20-25)26-21-13-6-14-22-26/h3-22,37-38H,2H2,1H3,(H,34,36). The van der Waals surface area contributed by atoms with Gasteiger partial charge in [-0.25, -0.2) is 4.68 Å². The van der Waals surface area contributed by atoms with Crippen LogP contribution in [0.3, 0.4) is 0 Å². The van der Waals surface area contributed by atoms with E-state index in [2.05, 4.69) is 15.6 Å². The minimum Gasteiger partial charge on any atom is -0.373 e. The van der Waals surface area contributed by atoms with Crippen LogP contribution in [-0.2, 0) is 22.4 Å². The Labute approximate surface area is 221 Å². The van der Waals surface area contributed by atoms with E-state index in [1.54, 1.807) is 72.8 Å². The quantitative estimate of drug-likeness (QED) is 0.295. The molecule has 0 aliphatic carbocycles. The van der Waals surface area contributed by atoms with Crippen molar-refractivity contribution in [1.82, 2.24) is 14.9 Å². The van der Waals surface area contributed by atoms with Crippen LogP contribution in [0.2, 0.25) is 0 Å². The summed E-state index contributed by atoms with van der Waals surface area (Å²) in [6, 6.07) is 35.7. The van der Waals surface area contributed by atoms with E-state index in [1.165, 1.54) is 4.68 Å². The lowest BCUT2D eigenvalue weighted by Crippen LogP contribution is -2.46. The first kappa shape index (κ1) is 25.1. The van der Waals surface area contributed by atoms with Gasteiger partial charge in [0.15, 0.2) is 22.9 Å². The first-order chi connectivity index (χ1) is 18.5. The highest BCUT2D eigenvalue weighted by Gasteiger charge is 2.44. The number of nitrogens with zero attached hydrogens (tertiary/aromatic N) is 3. The van der Waals surface area contributed by atoms with E-state index in [0.717, 1.165) is 0 Å². The Morgan fingerprint density at radius 3 is 1.47 bits per heavy atom. The molecule has 0 saturated heterocycles. The van der Waals surface area contributed by atoms with Crippen LogP contribution in [0.25, 0.3) is 0 Å². The molecule has 1 amide bonds. The van der Waals surface area contributed by atoms with Gasteiger partial charge in [0.05, 0.1) is 0 Å². The molecule has 1 heterocycles. The summed E-state index contributed by atoms with van der Waals surface area (Å²) in [5.74, 6) is -0.195. The number of carbonyl (C=O) groups excluding carboxylic acids is 1. The Balaban J connectivity index is 1.67. The summed E-state index contributed by atoms with van der Waals surface area (Å²) in [6.07, 6.45) is 0.419. The van der Waals surface area contributed by atoms with Gasteiger partial charge in [-0.1, -0.05) is 128 Å². The number of hydrogen-bond donors (Lipinski definition) is 3. The normalized spacial score (nSPS) is 11.8. The Bertz CT molecular complexity index is 1430. The third kappa shape index (κ3) is 4.28. The molecule has 0 bridgehead atoms. The molecule has 0 fully saturated rings. The predicted molar refractivity (Wildman–Crippen MR) is 145 cm³/mol. The zero-order valence-electron chi connectivity index (χ0n) is 20.9. The van der Waals surface area contributed by atoms with Crippen molar-refractivity contribution in [2.24, 2.45) is 0 Å². The molecule has 0 unspecified atom stereocenters. The van der Waals surface area contributed by atoms with Gasteiger partial charge >= 0.3 is 0 Å². The molecule has 5 aromatic rings. The average molecular weight is 505 g/mol. The first-order valence-corrected chi connectivity index (χ1v) is 12.4. The molecular weight excluding hydrogens is 476 g/mol. The van der Waals surface area contributed by atoms with Gasteiger partial charge in [0.1, 0.15) is 0 Å². The number of aliphatic hydroxyl groups is 2. The van der Waals surface area contributed by atoms with Crippen molar-refractivity contribution in [3.8, 4) is 0 Å². The summed E-state index contributed by atoms with van der Waals surface area (Å²) in [6.45, 7) is 1.88. The molecule has 7 nitrogen and oxygen atoms in total. The number of aromatic nitrogens is 3. The van der Waals surface area contributed by atoms with E-state index in [4.69, 9.17) is 0 Å². The van der Waals surface area contributed by atoms with Gasteiger partial charge in [-0.05, 0) is 22.3 Å². The molecule has 4 aromatic carbocycles. The van der Waals surface area contributed by atoms with Gasteiger partial charge in [-0.15, -0.1) is 10.2 Å². The van der Waals surface area contributed by atoms with Crippen molar-refractivity contribution in [2.75, 3.05) is 5.43 Å². The highest BCUT2D eigenvalue weighted by atomic mass is 16.3. The predicted octanol–water partition coefficient (Wildman–Crippen LogP) is 4.13. The van der Waals surface area contributed by atoms with Gasteiger partial charge in [-0.3, -0.25) is 10.2 Å². The number of carbonyl (C=O) groups is 1. The first-order valence-electron chi connectivity index (χ1n) is 12.4. The molecule has 0 saturated carbocycles. The van der Waals surface area contributed by atoms with Crippen LogP contribution in [-0.4, -0.2) is 31.0 Å². The van der Waals surface area contributed by atoms with E-state index in [1.807, 2.05) is 55.5 Å². The molecule has 3 N–H and O–H groups in total. The van der Waals surface area contributed by atoms with Crippen molar-refractivity contribution < 1.29 is 15.0 Å². The maximum atomic E-state index is 14.0. The Morgan fingerprint density at radius 2 is 1.08 bits per heavy atom. The Hall–Kier alpha value is -4.59. The van der Waals surface area contributed by atoms with Crippen LogP contribution in [0.1, 0.15) is 40.8 Å². The largest absolute Gasteiger partial charge is 0.373 e. The van der Waals surface area contributed by atoms with Gasteiger partial charge < -0.3 is 10.2 Å². The number of hydrogen-bond acceptors (Lipinski definition) is 5. The fourth-order valence-corrected chi connectivity index (χ4v) is 4.65. The van der Waals surface area contributed by atoms with Crippen LogP contribution in [0.5, 0.6) is 0 Å². The van der Waals surface area contributed by atoms with Gasteiger partial charge in [0, 0.05) is 6.42 Å². The van der Waals surface area contributed by atoms with Gasteiger partial charge in [0.25, 0.3) is 5.91 Å². The Morgan fingerprint density at radius 1 is 0.684 bits per heavy atom. The summed E-state index contributed by atoms with van der Waals surface area (Å²) in [5.41, 5.74) is 0.981. The molecular formula is C31H28N4O3. The zero-order chi connectivity index (χ0) is 26.6. The average Bonchev–Trinajstić information content (AvgIpc) is 3.41. The van der Waals surface area contributed by atoms with Crippen LogP contribution in [0, 0.1) is 0 Å². The van der Waals surface area contributed by atoms with Crippen LogP contribution >= 0.6 is 0 Å². The minimum absolute atomic E-state index is 0.101. The molecule has 0 radical (unpaired) electrons. The SMILES string of the molecule is CCc1nnc(C(O)(c2ccccc2)c2ccccc2)n1NC(=O)C(O)(c1ccccc1)c1ccccc1. The number of benzene rings is 4. The van der Waals surface area contributed by atoms with E-state index in [9.17, 15) is 15.0 Å². The number of rotatable bonds is 8. The zero-order valence-corrected chi connectivity index (χ0v) is 20.9. The molecule has 0 aliphatic heterocycles. The number of nitrogens with one attached hydrogen (secondary N) is 1. The molecule has 5 rings (SSSR count). The molecule has 0 atom stereocenters. The fraction of sp³-hybridized carbons (Fsp3) is 0.129. The van der Waals surface area contributed by atoms with Crippen LogP contribution in [0.4, 0.5) is 0 Å². The lowest BCUT2D eigenvalue weighted by Gasteiger charge is -2.31. The lowest BCUT2D eigenvalue weighted by atomic mass is 9.85. The molecule has 7 heteroatoms. The molecule has 0 aliphatic rings. The third-order valence-corrected chi connectivity index (χ3v) is 6.68. The molecule has 0 spiro atoms. The number of aryl methyl sites for hydroxylation is 1. The minimum atomic E-state index is -2.02. The lowest BCUT2D eigenvalue weighted by molar-refractivity contribution is -0.132. The second-order valence-corrected chi connectivity index (χ2v) is 8.95. The maximum Gasteiger partial charge on any atom is 0.280 e. The fourth-order valence-electron chi connectivity index (χ4n) is 4.65. The summed E-state index contributed by atoms with van der Waals surface area (Å²) in [7, 11) is 0. The monoisotopic (exact) mass is 504 g/mol. The van der Waals surface area contributed by atoms with Crippen LogP contribution < -0.4 is 5.43 Å². The summed E-state index contributed by atoms with van der Waals surface area (Å²) >= 11 is 0. The summed E-state index contributed by atoms with van der Waals surface area (Å²) < 4.78 is 1.39. The van der Waals surface area contributed by atoms with Crippen molar-refractivity contribution in [1.29, 1.82) is 0 Å². The maximum absolute atomic E-state index is 14.0. The number of amides is 1. The van der Waals surface area contributed by atoms with Crippen molar-refractivity contribution in [3.05, 3.63) is 155 Å².